The number of rotatable bonds is 4. The maximum absolute atomic E-state index is 13.9. The van der Waals surface area contributed by atoms with Crippen molar-refractivity contribution in [2.24, 2.45) is 0 Å². The largest absolute Gasteiger partial charge is 0.311 e. The minimum Gasteiger partial charge on any atom is -0.311 e. The number of nitrogens with zero attached hydrogens (tertiary/aromatic N) is 2. The van der Waals surface area contributed by atoms with Crippen LogP contribution in [0.5, 0.6) is 0 Å². The second-order valence-electron chi connectivity index (χ2n) is 7.47. The highest BCUT2D eigenvalue weighted by molar-refractivity contribution is 7.89. The van der Waals surface area contributed by atoms with Gasteiger partial charge in [0.1, 0.15) is 11.6 Å². The predicted octanol–water partition coefficient (Wildman–Crippen LogP) is 3.27. The van der Waals surface area contributed by atoms with E-state index in [0.717, 1.165) is 25.3 Å². The number of halogens is 2. The minimum absolute atomic E-state index is 0.0294. The summed E-state index contributed by atoms with van der Waals surface area (Å²) < 4.78 is 54.4. The van der Waals surface area contributed by atoms with Crippen LogP contribution in [0.1, 0.15) is 30.4 Å². The van der Waals surface area contributed by atoms with Crippen molar-refractivity contribution >= 4 is 21.6 Å². The summed E-state index contributed by atoms with van der Waals surface area (Å²) in [5.74, 6) is -1.63. The van der Waals surface area contributed by atoms with Crippen LogP contribution in [0.3, 0.4) is 0 Å². The highest BCUT2D eigenvalue weighted by atomic mass is 32.2. The normalized spacial score (nSPS) is 17.4. The lowest BCUT2D eigenvalue weighted by Gasteiger charge is -2.25. The first kappa shape index (κ1) is 20.0. The Bertz CT molecular complexity index is 1030. The van der Waals surface area contributed by atoms with E-state index >= 15 is 0 Å². The van der Waals surface area contributed by atoms with E-state index in [1.807, 2.05) is 0 Å². The highest BCUT2D eigenvalue weighted by Gasteiger charge is 2.29. The molecule has 5 nitrogen and oxygen atoms in total. The maximum Gasteiger partial charge on any atom is 0.243 e. The summed E-state index contributed by atoms with van der Waals surface area (Å²) in [5.41, 5.74) is 1.28. The Hall–Kier alpha value is -2.32. The third-order valence-corrected chi connectivity index (χ3v) is 7.46. The molecule has 0 spiro atoms. The van der Waals surface area contributed by atoms with Crippen LogP contribution in [-0.4, -0.2) is 38.3 Å². The monoisotopic (exact) mass is 420 g/mol. The molecule has 4 rings (SSSR count). The average molecular weight is 420 g/mol. The zero-order chi connectivity index (χ0) is 20.6. The van der Waals surface area contributed by atoms with Crippen LogP contribution in [0.4, 0.5) is 14.5 Å². The molecule has 0 aromatic heterocycles. The first-order valence-corrected chi connectivity index (χ1v) is 11.2. The van der Waals surface area contributed by atoms with Crippen LogP contribution in [-0.2, 0) is 27.7 Å². The van der Waals surface area contributed by atoms with E-state index in [2.05, 4.69) is 0 Å². The summed E-state index contributed by atoms with van der Waals surface area (Å²) in [4.78, 5) is 14.3. The van der Waals surface area contributed by atoms with Crippen LogP contribution in [0, 0.1) is 11.6 Å². The van der Waals surface area contributed by atoms with Crippen molar-refractivity contribution in [1.82, 2.24) is 4.31 Å². The molecule has 0 unspecified atom stereocenters. The third kappa shape index (κ3) is 3.91. The van der Waals surface area contributed by atoms with Gasteiger partial charge in [0.25, 0.3) is 0 Å². The van der Waals surface area contributed by atoms with Crippen LogP contribution in [0.15, 0.2) is 41.3 Å². The van der Waals surface area contributed by atoms with Gasteiger partial charge < -0.3 is 4.90 Å². The number of carbonyl (C=O) groups is 1. The van der Waals surface area contributed by atoms with E-state index < -0.39 is 21.7 Å². The molecule has 1 fully saturated rings. The molecule has 0 radical (unpaired) electrons. The lowest BCUT2D eigenvalue weighted by Crippen LogP contribution is -2.35. The molecule has 0 saturated carbocycles. The van der Waals surface area contributed by atoms with Crippen LogP contribution in [0.2, 0.25) is 0 Å². The molecule has 1 saturated heterocycles. The fraction of sp³-hybridized carbons (Fsp3) is 0.381. The topological polar surface area (TPSA) is 57.7 Å². The third-order valence-electron chi connectivity index (χ3n) is 5.55. The molecule has 2 aliphatic heterocycles. The van der Waals surface area contributed by atoms with E-state index in [4.69, 9.17) is 0 Å². The summed E-state index contributed by atoms with van der Waals surface area (Å²) in [6, 6.07) is 8.29. The summed E-state index contributed by atoms with van der Waals surface area (Å²) in [7, 11) is -3.52. The molecule has 29 heavy (non-hydrogen) atoms. The van der Waals surface area contributed by atoms with Crippen molar-refractivity contribution in [3.63, 3.8) is 0 Å². The second-order valence-corrected chi connectivity index (χ2v) is 9.40. The Kier molecular flexibility index (Phi) is 5.40. The SMILES string of the molecule is O=C(Cc1ccc(S(=O)(=O)N2CCCCC2)cc1)N1CCc2c(F)cc(F)cc21. The zero-order valence-electron chi connectivity index (χ0n) is 15.9. The Morgan fingerprint density at radius 2 is 1.66 bits per heavy atom. The van der Waals surface area contributed by atoms with E-state index in [9.17, 15) is 22.0 Å². The van der Waals surface area contributed by atoms with Crippen LogP contribution < -0.4 is 4.90 Å². The van der Waals surface area contributed by atoms with Crippen molar-refractivity contribution in [3.05, 3.63) is 59.2 Å². The number of fused-ring (bicyclic) bond motifs is 1. The van der Waals surface area contributed by atoms with Gasteiger partial charge in [-0.2, -0.15) is 4.31 Å². The smallest absolute Gasteiger partial charge is 0.243 e. The minimum atomic E-state index is -3.52. The number of hydrogen-bond donors (Lipinski definition) is 0. The lowest BCUT2D eigenvalue weighted by molar-refractivity contribution is -0.117. The van der Waals surface area contributed by atoms with Crippen molar-refractivity contribution in [3.8, 4) is 0 Å². The molecular formula is C21H22F2N2O3S. The van der Waals surface area contributed by atoms with Crippen LogP contribution >= 0.6 is 0 Å². The Morgan fingerprint density at radius 3 is 2.34 bits per heavy atom. The first-order valence-electron chi connectivity index (χ1n) is 9.73. The fourth-order valence-electron chi connectivity index (χ4n) is 3.98. The van der Waals surface area contributed by atoms with Gasteiger partial charge in [0.05, 0.1) is 17.0 Å². The molecule has 0 N–H and O–H groups in total. The van der Waals surface area contributed by atoms with E-state index in [1.54, 1.807) is 12.1 Å². The number of carbonyl (C=O) groups excluding carboxylic acids is 1. The summed E-state index contributed by atoms with van der Waals surface area (Å²) in [6.45, 7) is 1.37. The van der Waals surface area contributed by atoms with E-state index in [1.165, 1.54) is 27.4 Å². The number of sulfonamides is 1. The summed E-state index contributed by atoms with van der Waals surface area (Å²) in [6.07, 6.45) is 3.15. The second kappa shape index (κ2) is 7.84. The summed E-state index contributed by atoms with van der Waals surface area (Å²) >= 11 is 0. The number of amides is 1. The van der Waals surface area contributed by atoms with Crippen molar-refractivity contribution in [2.45, 2.75) is 37.0 Å². The Labute approximate surface area is 169 Å². The molecule has 154 valence electrons. The average Bonchev–Trinajstić information content (AvgIpc) is 3.13. The van der Waals surface area contributed by atoms with Gasteiger partial charge in [-0.25, -0.2) is 17.2 Å². The number of benzene rings is 2. The first-order chi connectivity index (χ1) is 13.9. The van der Waals surface area contributed by atoms with Gasteiger partial charge in [0.15, 0.2) is 0 Å². The molecule has 0 atom stereocenters. The number of piperidine rings is 1. The van der Waals surface area contributed by atoms with Gasteiger partial charge in [0.2, 0.25) is 15.9 Å². The Morgan fingerprint density at radius 1 is 0.966 bits per heavy atom. The van der Waals surface area contributed by atoms with Crippen molar-refractivity contribution < 1.29 is 22.0 Å². The molecule has 2 aromatic rings. The van der Waals surface area contributed by atoms with Gasteiger partial charge >= 0.3 is 0 Å². The van der Waals surface area contributed by atoms with Gasteiger partial charge in [-0.3, -0.25) is 4.79 Å². The lowest BCUT2D eigenvalue weighted by atomic mass is 10.1. The van der Waals surface area contributed by atoms with Gasteiger partial charge in [-0.1, -0.05) is 18.6 Å². The fourth-order valence-corrected chi connectivity index (χ4v) is 5.50. The van der Waals surface area contributed by atoms with Gasteiger partial charge in [0, 0.05) is 31.3 Å². The molecule has 2 heterocycles. The molecule has 1 amide bonds. The van der Waals surface area contributed by atoms with E-state index in [-0.39, 0.29) is 22.9 Å². The maximum atomic E-state index is 13.9. The standard InChI is InChI=1S/C21H22F2N2O3S/c22-16-13-19(23)18-8-11-25(20(18)14-16)21(26)12-15-4-6-17(7-5-15)29(27,28)24-9-2-1-3-10-24/h4-7,13-14H,1-3,8-12H2. The zero-order valence-corrected chi connectivity index (χ0v) is 16.7. The highest BCUT2D eigenvalue weighted by Crippen LogP contribution is 2.31. The molecular weight excluding hydrogens is 398 g/mol. The van der Waals surface area contributed by atoms with Crippen LogP contribution in [0.25, 0.3) is 0 Å². The molecule has 2 aliphatic rings. The number of hydrogen-bond acceptors (Lipinski definition) is 3. The molecule has 2 aromatic carbocycles. The van der Waals surface area contributed by atoms with E-state index in [0.29, 0.717) is 37.2 Å². The molecule has 8 heteroatoms. The quantitative estimate of drug-likeness (QED) is 0.763. The van der Waals surface area contributed by atoms with Gasteiger partial charge in [-0.05, 0) is 43.0 Å². The summed E-state index contributed by atoms with van der Waals surface area (Å²) in [5, 5.41) is 0. The Balaban J connectivity index is 1.48. The molecule has 0 aliphatic carbocycles. The van der Waals surface area contributed by atoms with Crippen molar-refractivity contribution in [1.29, 1.82) is 0 Å². The van der Waals surface area contributed by atoms with Gasteiger partial charge in [-0.15, -0.1) is 0 Å². The van der Waals surface area contributed by atoms with Crippen molar-refractivity contribution in [2.75, 3.05) is 24.5 Å². The predicted molar refractivity (Wildman–Crippen MR) is 105 cm³/mol. The molecule has 0 bridgehead atoms. The number of anilines is 1.